The summed E-state index contributed by atoms with van der Waals surface area (Å²) >= 11 is 0. The number of rotatable bonds is 5. The first-order valence-electron chi connectivity index (χ1n) is 6.05. The second kappa shape index (κ2) is 6.85. The Kier molecular flexibility index (Phi) is 5.45. The van der Waals surface area contributed by atoms with E-state index in [-0.39, 0.29) is 11.7 Å². The minimum absolute atomic E-state index is 0.0768. The molecule has 0 aliphatic rings. The monoisotopic (exact) mass is 283 g/mol. The fourth-order valence-electron chi connectivity index (χ4n) is 1.82. The van der Waals surface area contributed by atoms with Crippen molar-refractivity contribution < 1.29 is 19.1 Å². The lowest BCUT2D eigenvalue weighted by Crippen LogP contribution is -2.41. The number of aromatic carboxylic acids is 1. The van der Waals surface area contributed by atoms with Crippen LogP contribution in [0, 0.1) is 5.82 Å². The first kappa shape index (κ1) is 15.9. The van der Waals surface area contributed by atoms with E-state index >= 15 is 0 Å². The van der Waals surface area contributed by atoms with Gasteiger partial charge in [-0.25, -0.2) is 14.0 Å². The summed E-state index contributed by atoms with van der Waals surface area (Å²) in [6, 6.07) is 2.99. The SMILES string of the molecule is CC(CN(C)C)NC(=O)Nc1cccc(F)c1C(=O)O. The molecular weight excluding hydrogens is 265 g/mol. The lowest BCUT2D eigenvalue weighted by Gasteiger charge is -2.19. The van der Waals surface area contributed by atoms with Gasteiger partial charge in [0.25, 0.3) is 0 Å². The number of nitrogens with zero attached hydrogens (tertiary/aromatic N) is 1. The van der Waals surface area contributed by atoms with Gasteiger partial charge >= 0.3 is 12.0 Å². The van der Waals surface area contributed by atoms with Crippen LogP contribution >= 0.6 is 0 Å². The average molecular weight is 283 g/mol. The van der Waals surface area contributed by atoms with Crippen molar-refractivity contribution in [3.8, 4) is 0 Å². The number of nitrogens with one attached hydrogen (secondary N) is 2. The van der Waals surface area contributed by atoms with Crippen LogP contribution in [0.4, 0.5) is 14.9 Å². The van der Waals surface area contributed by atoms with E-state index in [4.69, 9.17) is 5.11 Å². The largest absolute Gasteiger partial charge is 0.478 e. The number of benzene rings is 1. The molecule has 1 aromatic carbocycles. The highest BCUT2D eigenvalue weighted by Gasteiger charge is 2.17. The number of anilines is 1. The third kappa shape index (κ3) is 4.51. The molecule has 0 saturated heterocycles. The van der Waals surface area contributed by atoms with Gasteiger partial charge in [-0.1, -0.05) is 6.07 Å². The Morgan fingerprint density at radius 1 is 1.40 bits per heavy atom. The molecule has 0 heterocycles. The lowest BCUT2D eigenvalue weighted by molar-refractivity contribution is 0.0693. The molecular formula is C13H18FN3O3. The van der Waals surface area contributed by atoms with Crippen LogP contribution in [-0.4, -0.2) is 48.7 Å². The maximum Gasteiger partial charge on any atom is 0.340 e. The third-order valence-corrected chi connectivity index (χ3v) is 2.49. The van der Waals surface area contributed by atoms with Gasteiger partial charge in [0.2, 0.25) is 0 Å². The van der Waals surface area contributed by atoms with Gasteiger partial charge in [-0.3, -0.25) is 0 Å². The lowest BCUT2D eigenvalue weighted by atomic mass is 10.1. The van der Waals surface area contributed by atoms with Crippen molar-refractivity contribution in [1.82, 2.24) is 10.2 Å². The zero-order valence-corrected chi connectivity index (χ0v) is 11.6. The molecule has 2 amide bonds. The Morgan fingerprint density at radius 2 is 2.05 bits per heavy atom. The Balaban J connectivity index is 2.76. The molecule has 0 aromatic heterocycles. The molecule has 1 unspecified atom stereocenters. The molecule has 0 bridgehead atoms. The van der Waals surface area contributed by atoms with Crippen molar-refractivity contribution in [2.45, 2.75) is 13.0 Å². The van der Waals surface area contributed by atoms with Crippen LogP contribution in [0.25, 0.3) is 0 Å². The van der Waals surface area contributed by atoms with E-state index in [9.17, 15) is 14.0 Å². The zero-order chi connectivity index (χ0) is 15.3. The molecule has 0 aliphatic heterocycles. The van der Waals surface area contributed by atoms with Gasteiger partial charge in [0.1, 0.15) is 11.4 Å². The minimum atomic E-state index is -1.43. The van der Waals surface area contributed by atoms with E-state index in [2.05, 4.69) is 10.6 Å². The summed E-state index contributed by atoms with van der Waals surface area (Å²) in [6.07, 6.45) is 0. The third-order valence-electron chi connectivity index (χ3n) is 2.49. The highest BCUT2D eigenvalue weighted by molar-refractivity contribution is 6.00. The maximum atomic E-state index is 13.4. The van der Waals surface area contributed by atoms with Gasteiger partial charge in [-0.2, -0.15) is 0 Å². The molecule has 0 fully saturated rings. The Morgan fingerprint density at radius 3 is 2.60 bits per heavy atom. The number of carboxylic acid groups (broad SMARTS) is 1. The van der Waals surface area contributed by atoms with Crippen LogP contribution in [0.2, 0.25) is 0 Å². The summed E-state index contributed by atoms with van der Waals surface area (Å²) in [6.45, 7) is 2.44. The molecule has 1 atom stereocenters. The van der Waals surface area contributed by atoms with Gasteiger partial charge in [-0.05, 0) is 33.2 Å². The number of urea groups is 1. The van der Waals surface area contributed by atoms with Crippen LogP contribution in [0.3, 0.4) is 0 Å². The number of amides is 2. The zero-order valence-electron chi connectivity index (χ0n) is 11.6. The van der Waals surface area contributed by atoms with Gasteiger partial charge in [0.15, 0.2) is 0 Å². The number of carboxylic acids is 1. The Hall–Kier alpha value is -2.15. The van der Waals surface area contributed by atoms with Gasteiger partial charge < -0.3 is 20.6 Å². The molecule has 110 valence electrons. The van der Waals surface area contributed by atoms with Crippen LogP contribution in [-0.2, 0) is 0 Å². The fraction of sp³-hybridized carbons (Fsp3) is 0.385. The minimum Gasteiger partial charge on any atom is -0.478 e. The second-order valence-corrected chi connectivity index (χ2v) is 4.73. The highest BCUT2D eigenvalue weighted by Crippen LogP contribution is 2.18. The summed E-state index contributed by atoms with van der Waals surface area (Å²) in [5.74, 6) is -2.32. The molecule has 1 aromatic rings. The van der Waals surface area contributed by atoms with E-state index in [1.54, 1.807) is 0 Å². The molecule has 1 rings (SSSR count). The number of halogens is 1. The van der Waals surface area contributed by atoms with Gasteiger partial charge in [0.05, 0.1) is 5.69 Å². The number of carbonyl (C=O) groups is 2. The molecule has 6 nitrogen and oxygen atoms in total. The maximum absolute atomic E-state index is 13.4. The van der Waals surface area contributed by atoms with Crippen LogP contribution in [0.1, 0.15) is 17.3 Å². The van der Waals surface area contributed by atoms with E-state index in [0.717, 1.165) is 6.07 Å². The summed E-state index contributed by atoms with van der Waals surface area (Å²) in [5, 5.41) is 13.9. The molecule has 0 saturated carbocycles. The van der Waals surface area contributed by atoms with Crippen molar-refractivity contribution in [3.05, 3.63) is 29.6 Å². The van der Waals surface area contributed by atoms with Crippen LogP contribution < -0.4 is 10.6 Å². The van der Waals surface area contributed by atoms with Crippen LogP contribution in [0.15, 0.2) is 18.2 Å². The smallest absolute Gasteiger partial charge is 0.340 e. The normalized spacial score (nSPS) is 12.1. The van der Waals surface area contributed by atoms with E-state index < -0.39 is 23.4 Å². The van der Waals surface area contributed by atoms with Gasteiger partial charge in [-0.15, -0.1) is 0 Å². The van der Waals surface area contributed by atoms with E-state index in [0.29, 0.717) is 6.54 Å². The van der Waals surface area contributed by atoms with Crippen molar-refractivity contribution in [2.75, 3.05) is 26.0 Å². The molecule has 20 heavy (non-hydrogen) atoms. The predicted molar refractivity (Wildman–Crippen MR) is 73.5 cm³/mol. The molecule has 3 N–H and O–H groups in total. The van der Waals surface area contributed by atoms with Gasteiger partial charge in [0, 0.05) is 12.6 Å². The summed E-state index contributed by atoms with van der Waals surface area (Å²) in [4.78, 5) is 24.6. The number of carbonyl (C=O) groups excluding carboxylic acids is 1. The Bertz CT molecular complexity index is 506. The molecule has 0 radical (unpaired) electrons. The predicted octanol–water partition coefficient (Wildman–Crippen LogP) is 1.60. The fourth-order valence-corrected chi connectivity index (χ4v) is 1.82. The quantitative estimate of drug-likeness (QED) is 0.766. The van der Waals surface area contributed by atoms with Crippen molar-refractivity contribution >= 4 is 17.7 Å². The second-order valence-electron chi connectivity index (χ2n) is 4.73. The summed E-state index contributed by atoms with van der Waals surface area (Å²) in [7, 11) is 3.73. The topological polar surface area (TPSA) is 81.7 Å². The highest BCUT2D eigenvalue weighted by atomic mass is 19.1. The molecule has 7 heteroatoms. The van der Waals surface area contributed by atoms with Crippen molar-refractivity contribution in [1.29, 1.82) is 0 Å². The van der Waals surface area contributed by atoms with Crippen molar-refractivity contribution in [2.24, 2.45) is 0 Å². The first-order chi connectivity index (χ1) is 9.31. The summed E-state index contributed by atoms with van der Waals surface area (Å²) in [5.41, 5.74) is -0.630. The summed E-state index contributed by atoms with van der Waals surface area (Å²) < 4.78 is 13.4. The number of hydrogen-bond acceptors (Lipinski definition) is 3. The average Bonchev–Trinajstić information content (AvgIpc) is 2.26. The standard InChI is InChI=1S/C13H18FN3O3/c1-8(7-17(2)3)15-13(20)16-10-6-4-5-9(14)11(10)12(18)19/h4-6,8H,7H2,1-3H3,(H,18,19)(H2,15,16,20). The first-order valence-corrected chi connectivity index (χ1v) is 6.05. The van der Waals surface area contributed by atoms with E-state index in [1.165, 1.54) is 12.1 Å². The molecule has 0 spiro atoms. The number of likely N-dealkylation sites (N-methyl/N-ethyl adjacent to an activating group) is 1. The van der Waals surface area contributed by atoms with Crippen molar-refractivity contribution in [3.63, 3.8) is 0 Å². The van der Waals surface area contributed by atoms with Crippen LogP contribution in [0.5, 0.6) is 0 Å². The number of hydrogen-bond donors (Lipinski definition) is 3. The molecule has 0 aliphatic carbocycles. The van der Waals surface area contributed by atoms with E-state index in [1.807, 2.05) is 25.9 Å². The Labute approximate surface area is 116 Å².